The first-order valence-electron chi connectivity index (χ1n) is 11.1. The molecule has 0 unspecified atom stereocenters. The number of nitrogens with zero attached hydrogens (tertiary/aromatic N) is 4. The summed E-state index contributed by atoms with van der Waals surface area (Å²) in [6.07, 6.45) is 3.02. The van der Waals surface area contributed by atoms with Gasteiger partial charge in [-0.05, 0) is 41.3 Å². The second-order valence-electron chi connectivity index (χ2n) is 8.27. The van der Waals surface area contributed by atoms with Gasteiger partial charge in [0.15, 0.2) is 12.3 Å². The number of aromatic nitrogens is 4. The molecule has 0 bridgehead atoms. The first kappa shape index (κ1) is 23.5. The number of rotatable bonds is 9. The van der Waals surface area contributed by atoms with Gasteiger partial charge in [-0.2, -0.15) is 5.10 Å². The van der Waals surface area contributed by atoms with Gasteiger partial charge in [-0.25, -0.2) is 9.67 Å². The maximum absolute atomic E-state index is 12.8. The van der Waals surface area contributed by atoms with E-state index in [2.05, 4.69) is 29.2 Å². The summed E-state index contributed by atoms with van der Waals surface area (Å²) in [6, 6.07) is 15.0. The third-order valence-electron chi connectivity index (χ3n) is 5.45. The van der Waals surface area contributed by atoms with Crippen molar-refractivity contribution in [1.82, 2.24) is 24.6 Å². The zero-order chi connectivity index (χ0) is 24.1. The third kappa shape index (κ3) is 5.63. The van der Waals surface area contributed by atoms with Gasteiger partial charge in [-0.1, -0.05) is 49.7 Å². The van der Waals surface area contributed by atoms with Gasteiger partial charge in [-0.3, -0.25) is 14.2 Å². The normalized spacial score (nSPS) is 11.2. The molecule has 0 saturated carbocycles. The Balaban J connectivity index is 1.31. The van der Waals surface area contributed by atoms with Gasteiger partial charge >= 0.3 is 0 Å². The quantitative estimate of drug-likeness (QED) is 0.396. The molecule has 0 aliphatic carbocycles. The van der Waals surface area contributed by atoms with Gasteiger partial charge < -0.3 is 10.1 Å². The monoisotopic (exact) mass is 479 g/mol. The smallest absolute Gasteiger partial charge is 0.264 e. The van der Waals surface area contributed by atoms with Crippen molar-refractivity contribution in [2.45, 2.75) is 32.9 Å². The highest BCUT2D eigenvalue weighted by molar-refractivity contribution is 6.30. The first-order chi connectivity index (χ1) is 16.4. The molecule has 0 fully saturated rings. The molecule has 2 aromatic heterocycles. The van der Waals surface area contributed by atoms with Gasteiger partial charge in [-0.15, -0.1) is 0 Å². The maximum Gasteiger partial charge on any atom is 0.264 e. The molecule has 0 spiro atoms. The fourth-order valence-electron chi connectivity index (χ4n) is 3.51. The lowest BCUT2D eigenvalue weighted by molar-refractivity contribution is -0.123. The summed E-state index contributed by atoms with van der Waals surface area (Å²) < 4.78 is 8.68. The molecule has 4 aromatic rings. The van der Waals surface area contributed by atoms with Gasteiger partial charge in [0.2, 0.25) is 0 Å². The molecule has 1 amide bonds. The van der Waals surface area contributed by atoms with Crippen molar-refractivity contribution in [3.05, 3.63) is 87.6 Å². The predicted molar refractivity (Wildman–Crippen MR) is 131 cm³/mol. The van der Waals surface area contributed by atoms with Crippen molar-refractivity contribution in [3.63, 3.8) is 0 Å². The Bertz CT molecular complexity index is 1330. The molecular formula is C25H26ClN5O3. The molecule has 2 aromatic carbocycles. The van der Waals surface area contributed by atoms with Crippen LogP contribution in [-0.4, -0.2) is 38.4 Å². The fraction of sp³-hybridized carbons (Fsp3) is 0.280. The van der Waals surface area contributed by atoms with E-state index < -0.39 is 0 Å². The Morgan fingerprint density at radius 1 is 1.12 bits per heavy atom. The van der Waals surface area contributed by atoms with E-state index in [1.54, 1.807) is 16.8 Å². The summed E-state index contributed by atoms with van der Waals surface area (Å²) in [5.41, 5.74) is 2.47. The van der Waals surface area contributed by atoms with E-state index >= 15 is 0 Å². The Morgan fingerprint density at radius 3 is 2.56 bits per heavy atom. The molecular weight excluding hydrogens is 454 g/mol. The van der Waals surface area contributed by atoms with Gasteiger partial charge in [0.1, 0.15) is 17.5 Å². The predicted octanol–water partition coefficient (Wildman–Crippen LogP) is 3.61. The van der Waals surface area contributed by atoms with Gasteiger partial charge in [0.05, 0.1) is 19.3 Å². The van der Waals surface area contributed by atoms with Crippen LogP contribution in [-0.2, 0) is 17.9 Å². The highest BCUT2D eigenvalue weighted by Gasteiger charge is 2.11. The number of fused-ring (bicyclic) bond motifs is 1. The number of amides is 1. The van der Waals surface area contributed by atoms with E-state index in [1.807, 2.05) is 36.4 Å². The van der Waals surface area contributed by atoms with Crippen molar-refractivity contribution < 1.29 is 9.53 Å². The summed E-state index contributed by atoms with van der Waals surface area (Å²) >= 11 is 5.92. The Hall–Kier alpha value is -3.65. The largest absolute Gasteiger partial charge is 0.484 e. The molecule has 0 aliphatic rings. The van der Waals surface area contributed by atoms with E-state index in [0.29, 0.717) is 47.4 Å². The molecule has 1 N–H and O–H groups in total. The standard InChI is InChI=1S/C25H26ClN5O3/c1-17(2)19-5-9-21(10-6-19)34-15-23(32)27-11-12-31-24-22(13-29-31)25(33)30(16-28-24)14-18-3-7-20(26)8-4-18/h3-10,13,16-17H,11-12,14-15H2,1-2H3,(H,27,32). The highest BCUT2D eigenvalue weighted by Crippen LogP contribution is 2.18. The number of halogens is 1. The highest BCUT2D eigenvalue weighted by atomic mass is 35.5. The maximum atomic E-state index is 12.8. The number of benzene rings is 2. The average molecular weight is 480 g/mol. The minimum atomic E-state index is -0.234. The van der Waals surface area contributed by atoms with Gasteiger partial charge in [0, 0.05) is 11.6 Å². The lowest BCUT2D eigenvalue weighted by Crippen LogP contribution is -2.31. The topological polar surface area (TPSA) is 91.0 Å². The molecule has 34 heavy (non-hydrogen) atoms. The van der Waals surface area contributed by atoms with Crippen LogP contribution < -0.4 is 15.6 Å². The van der Waals surface area contributed by atoms with E-state index in [4.69, 9.17) is 16.3 Å². The zero-order valence-electron chi connectivity index (χ0n) is 19.1. The minimum Gasteiger partial charge on any atom is -0.484 e. The van der Waals surface area contributed by atoms with E-state index in [0.717, 1.165) is 5.56 Å². The van der Waals surface area contributed by atoms with Crippen molar-refractivity contribution in [3.8, 4) is 5.75 Å². The molecule has 176 valence electrons. The molecule has 8 nitrogen and oxygen atoms in total. The van der Waals surface area contributed by atoms with E-state index in [-0.39, 0.29) is 18.1 Å². The van der Waals surface area contributed by atoms with Crippen LogP contribution in [0.1, 0.15) is 30.9 Å². The molecule has 0 atom stereocenters. The van der Waals surface area contributed by atoms with Gasteiger partial charge in [0.25, 0.3) is 11.5 Å². The minimum absolute atomic E-state index is 0.0749. The Morgan fingerprint density at radius 2 is 1.85 bits per heavy atom. The summed E-state index contributed by atoms with van der Waals surface area (Å²) in [7, 11) is 0. The van der Waals surface area contributed by atoms with Crippen LogP contribution in [0.2, 0.25) is 5.02 Å². The molecule has 0 radical (unpaired) electrons. The number of hydrogen-bond acceptors (Lipinski definition) is 5. The van der Waals surface area contributed by atoms with Crippen LogP contribution in [0.4, 0.5) is 0 Å². The number of hydrogen-bond donors (Lipinski definition) is 1. The fourth-order valence-corrected chi connectivity index (χ4v) is 3.64. The van der Waals surface area contributed by atoms with Crippen LogP contribution in [0.25, 0.3) is 11.0 Å². The van der Waals surface area contributed by atoms with Crippen molar-refractivity contribution in [1.29, 1.82) is 0 Å². The molecule has 2 heterocycles. The van der Waals surface area contributed by atoms with Crippen molar-refractivity contribution >= 4 is 28.5 Å². The summed E-state index contributed by atoms with van der Waals surface area (Å²) in [5.74, 6) is 0.857. The number of nitrogens with one attached hydrogen (secondary N) is 1. The van der Waals surface area contributed by atoms with Crippen molar-refractivity contribution in [2.24, 2.45) is 0 Å². The Kier molecular flexibility index (Phi) is 7.27. The first-order valence-corrected chi connectivity index (χ1v) is 11.4. The second-order valence-corrected chi connectivity index (χ2v) is 8.71. The number of ether oxygens (including phenoxy) is 1. The van der Waals surface area contributed by atoms with Crippen molar-refractivity contribution in [2.75, 3.05) is 13.2 Å². The van der Waals surface area contributed by atoms with Crippen LogP contribution in [0.5, 0.6) is 5.75 Å². The van der Waals surface area contributed by atoms with Crippen LogP contribution in [0.15, 0.2) is 65.8 Å². The SMILES string of the molecule is CC(C)c1ccc(OCC(=O)NCCn2ncc3c(=O)n(Cc4ccc(Cl)cc4)cnc32)cc1. The summed E-state index contributed by atoms with van der Waals surface area (Å²) in [5, 5.41) is 8.14. The van der Waals surface area contributed by atoms with E-state index in [9.17, 15) is 9.59 Å². The molecule has 0 aliphatic heterocycles. The van der Waals surface area contributed by atoms with Crippen LogP contribution in [0.3, 0.4) is 0 Å². The number of carbonyl (C=O) groups is 1. The molecule has 4 rings (SSSR count). The molecule has 9 heteroatoms. The molecule has 0 saturated heterocycles. The average Bonchev–Trinajstić information content (AvgIpc) is 3.25. The Labute approximate surface area is 202 Å². The third-order valence-corrected chi connectivity index (χ3v) is 5.70. The lowest BCUT2D eigenvalue weighted by atomic mass is 10.0. The van der Waals surface area contributed by atoms with E-state index in [1.165, 1.54) is 22.7 Å². The zero-order valence-corrected chi connectivity index (χ0v) is 19.8. The summed E-state index contributed by atoms with van der Waals surface area (Å²) in [6.45, 7) is 5.28. The number of carbonyl (C=O) groups excluding carboxylic acids is 1. The summed E-state index contributed by atoms with van der Waals surface area (Å²) in [4.78, 5) is 29.4. The second kappa shape index (κ2) is 10.5. The lowest BCUT2D eigenvalue weighted by Gasteiger charge is -2.10. The van der Waals surface area contributed by atoms with Crippen LogP contribution >= 0.6 is 11.6 Å². The van der Waals surface area contributed by atoms with Crippen LogP contribution in [0, 0.1) is 0 Å².